The van der Waals surface area contributed by atoms with Crippen LogP contribution in [0.3, 0.4) is 0 Å². The van der Waals surface area contributed by atoms with Gasteiger partial charge in [0.1, 0.15) is 5.75 Å². The molecule has 0 aliphatic rings. The summed E-state index contributed by atoms with van der Waals surface area (Å²) >= 11 is 0. The predicted molar refractivity (Wildman–Crippen MR) is 99.2 cm³/mol. The van der Waals surface area contributed by atoms with Gasteiger partial charge in [0.15, 0.2) is 0 Å². The van der Waals surface area contributed by atoms with Gasteiger partial charge >= 0.3 is 5.97 Å². The lowest BCUT2D eigenvalue weighted by Gasteiger charge is -2.09. The predicted octanol–water partition coefficient (Wildman–Crippen LogP) is 4.65. The van der Waals surface area contributed by atoms with Crippen molar-refractivity contribution < 1.29 is 14.3 Å². The van der Waals surface area contributed by atoms with Gasteiger partial charge in [-0.25, -0.2) is 4.79 Å². The lowest BCUT2D eigenvalue weighted by molar-refractivity contribution is 0.0378. The van der Waals surface area contributed by atoms with Crippen LogP contribution >= 0.6 is 0 Å². The van der Waals surface area contributed by atoms with Crippen LogP contribution in [0, 0.1) is 0 Å². The molecule has 0 N–H and O–H groups in total. The van der Waals surface area contributed by atoms with E-state index in [1.165, 1.54) is 0 Å². The number of benzene rings is 2. The highest BCUT2D eigenvalue weighted by Crippen LogP contribution is 2.23. The summed E-state index contributed by atoms with van der Waals surface area (Å²) in [6.45, 7) is 7.09. The second kappa shape index (κ2) is 7.43. The number of ether oxygens (including phenoxy) is 2. The molecule has 0 aliphatic heterocycles. The topological polar surface area (TPSA) is 40.5 Å². The molecule has 2 aromatic carbocycles. The van der Waals surface area contributed by atoms with E-state index in [-0.39, 0.29) is 12.1 Å². The first kappa shape index (κ1) is 17.1. The molecule has 0 aliphatic carbocycles. The number of hydrogen-bond acceptors (Lipinski definition) is 3. The van der Waals surface area contributed by atoms with Crippen LogP contribution < -0.4 is 4.74 Å². The molecule has 0 atom stereocenters. The Balaban J connectivity index is 1.76. The molecule has 3 aromatic rings. The summed E-state index contributed by atoms with van der Waals surface area (Å²) in [5.74, 6) is 0.609. The number of hydrogen-bond donors (Lipinski definition) is 0. The minimum absolute atomic E-state index is 0.111. The number of carbonyl (C=O) groups excluding carboxylic acids is 1. The standard InChI is InChI=1S/C21H23NO3/c1-4-24-19-9-10-20-18(13-19)11-12-22(20)14-16-5-7-17(8-6-16)21(23)25-15(2)3/h5-13,15H,4,14H2,1-3H3. The minimum atomic E-state index is -0.281. The molecule has 0 bridgehead atoms. The molecular weight excluding hydrogens is 314 g/mol. The Bertz CT molecular complexity index is 862. The summed E-state index contributed by atoms with van der Waals surface area (Å²) in [6.07, 6.45) is 1.96. The maximum absolute atomic E-state index is 11.9. The largest absolute Gasteiger partial charge is 0.494 e. The van der Waals surface area contributed by atoms with Crippen LogP contribution in [0.1, 0.15) is 36.7 Å². The van der Waals surface area contributed by atoms with Gasteiger partial charge in [-0.15, -0.1) is 0 Å². The van der Waals surface area contributed by atoms with Crippen molar-refractivity contribution in [2.75, 3.05) is 6.61 Å². The fourth-order valence-electron chi connectivity index (χ4n) is 2.80. The molecule has 0 amide bonds. The fourth-order valence-corrected chi connectivity index (χ4v) is 2.80. The number of carbonyl (C=O) groups is 1. The molecule has 0 radical (unpaired) electrons. The average Bonchev–Trinajstić information content (AvgIpc) is 2.97. The van der Waals surface area contributed by atoms with Crippen LogP contribution in [0.25, 0.3) is 10.9 Å². The van der Waals surface area contributed by atoms with E-state index in [9.17, 15) is 4.79 Å². The van der Waals surface area contributed by atoms with Crippen LogP contribution in [0.2, 0.25) is 0 Å². The lowest BCUT2D eigenvalue weighted by Crippen LogP contribution is -2.11. The Labute approximate surface area is 148 Å². The van der Waals surface area contributed by atoms with Crippen molar-refractivity contribution in [1.29, 1.82) is 0 Å². The van der Waals surface area contributed by atoms with Crippen LogP contribution in [0.5, 0.6) is 5.75 Å². The van der Waals surface area contributed by atoms with Gasteiger partial charge in [-0.1, -0.05) is 12.1 Å². The molecule has 4 nitrogen and oxygen atoms in total. The quantitative estimate of drug-likeness (QED) is 0.615. The van der Waals surface area contributed by atoms with Crippen molar-refractivity contribution >= 4 is 16.9 Å². The summed E-state index contributed by atoms with van der Waals surface area (Å²) in [6, 6.07) is 15.8. The second-order valence-electron chi connectivity index (χ2n) is 6.25. The van der Waals surface area contributed by atoms with Gasteiger partial charge in [0.05, 0.1) is 18.3 Å². The van der Waals surface area contributed by atoms with Gasteiger partial charge in [0.25, 0.3) is 0 Å². The molecule has 0 spiro atoms. The molecule has 4 heteroatoms. The fraction of sp³-hybridized carbons (Fsp3) is 0.286. The Hall–Kier alpha value is -2.75. The number of aromatic nitrogens is 1. The highest BCUT2D eigenvalue weighted by atomic mass is 16.5. The van der Waals surface area contributed by atoms with E-state index < -0.39 is 0 Å². The van der Waals surface area contributed by atoms with Crippen LogP contribution in [0.4, 0.5) is 0 Å². The van der Waals surface area contributed by atoms with Gasteiger partial charge in [0.2, 0.25) is 0 Å². The molecular formula is C21H23NO3. The Morgan fingerprint density at radius 2 is 1.84 bits per heavy atom. The summed E-state index contributed by atoms with van der Waals surface area (Å²) < 4.78 is 13.0. The molecule has 130 valence electrons. The van der Waals surface area contributed by atoms with Crippen molar-refractivity contribution in [3.05, 3.63) is 65.9 Å². The second-order valence-corrected chi connectivity index (χ2v) is 6.25. The zero-order chi connectivity index (χ0) is 17.8. The molecule has 0 saturated carbocycles. The summed E-state index contributed by atoms with van der Waals surface area (Å²) in [5, 5.41) is 1.16. The highest BCUT2D eigenvalue weighted by Gasteiger charge is 2.09. The zero-order valence-corrected chi connectivity index (χ0v) is 14.9. The van der Waals surface area contributed by atoms with Crippen molar-refractivity contribution in [2.24, 2.45) is 0 Å². The maximum atomic E-state index is 11.9. The first-order valence-corrected chi connectivity index (χ1v) is 8.58. The third kappa shape index (κ3) is 4.02. The Morgan fingerprint density at radius 1 is 1.08 bits per heavy atom. The third-order valence-corrected chi connectivity index (χ3v) is 3.94. The van der Waals surface area contributed by atoms with Crippen LogP contribution in [-0.2, 0) is 11.3 Å². The Kier molecular flexibility index (Phi) is 5.08. The smallest absolute Gasteiger partial charge is 0.338 e. The van der Waals surface area contributed by atoms with E-state index in [0.29, 0.717) is 12.2 Å². The van der Waals surface area contributed by atoms with Crippen LogP contribution in [0.15, 0.2) is 54.7 Å². The molecule has 0 unspecified atom stereocenters. The maximum Gasteiger partial charge on any atom is 0.338 e. The van der Waals surface area contributed by atoms with E-state index in [1.54, 1.807) is 0 Å². The van der Waals surface area contributed by atoms with Gasteiger partial charge < -0.3 is 14.0 Å². The van der Waals surface area contributed by atoms with Gasteiger partial charge in [-0.3, -0.25) is 0 Å². The molecule has 3 rings (SSSR count). The number of esters is 1. The summed E-state index contributed by atoms with van der Waals surface area (Å²) in [4.78, 5) is 11.9. The van der Waals surface area contributed by atoms with E-state index in [2.05, 4.69) is 29.0 Å². The van der Waals surface area contributed by atoms with Crippen LogP contribution in [-0.4, -0.2) is 23.2 Å². The Morgan fingerprint density at radius 3 is 2.52 bits per heavy atom. The normalized spacial score (nSPS) is 11.0. The molecule has 0 fully saturated rings. The average molecular weight is 337 g/mol. The summed E-state index contributed by atoms with van der Waals surface area (Å²) in [7, 11) is 0. The van der Waals surface area contributed by atoms with Gasteiger partial charge in [-0.05, 0) is 62.7 Å². The number of fused-ring (bicyclic) bond motifs is 1. The first-order chi connectivity index (χ1) is 12.1. The van der Waals surface area contributed by atoms with Crippen molar-refractivity contribution in [2.45, 2.75) is 33.4 Å². The lowest BCUT2D eigenvalue weighted by atomic mass is 10.1. The van der Waals surface area contributed by atoms with Crippen molar-refractivity contribution in [3.63, 3.8) is 0 Å². The first-order valence-electron chi connectivity index (χ1n) is 8.58. The number of nitrogens with zero attached hydrogens (tertiary/aromatic N) is 1. The SMILES string of the molecule is CCOc1ccc2c(ccn2Cc2ccc(C(=O)OC(C)C)cc2)c1. The van der Waals surface area contributed by atoms with Gasteiger partial charge in [0, 0.05) is 23.6 Å². The zero-order valence-electron chi connectivity index (χ0n) is 14.9. The third-order valence-electron chi connectivity index (χ3n) is 3.94. The minimum Gasteiger partial charge on any atom is -0.494 e. The van der Waals surface area contributed by atoms with Crippen molar-refractivity contribution in [3.8, 4) is 5.75 Å². The molecule has 1 aromatic heterocycles. The van der Waals surface area contributed by atoms with Crippen molar-refractivity contribution in [1.82, 2.24) is 4.57 Å². The molecule has 1 heterocycles. The molecule has 0 saturated heterocycles. The van der Waals surface area contributed by atoms with E-state index in [0.717, 1.165) is 28.8 Å². The number of rotatable bonds is 6. The molecule has 25 heavy (non-hydrogen) atoms. The summed E-state index contributed by atoms with van der Waals surface area (Å²) in [5.41, 5.74) is 2.87. The highest BCUT2D eigenvalue weighted by molar-refractivity contribution is 5.89. The van der Waals surface area contributed by atoms with E-state index in [4.69, 9.17) is 9.47 Å². The monoisotopic (exact) mass is 337 g/mol. The van der Waals surface area contributed by atoms with Gasteiger partial charge in [-0.2, -0.15) is 0 Å². The van der Waals surface area contributed by atoms with E-state index >= 15 is 0 Å². The van der Waals surface area contributed by atoms with E-state index in [1.807, 2.05) is 51.1 Å².